The number of amides is 1. The average molecular weight is 384 g/mol. The molecule has 0 bridgehead atoms. The molecule has 3 rings (SSSR count). The van der Waals surface area contributed by atoms with E-state index in [9.17, 15) is 19.6 Å². The van der Waals surface area contributed by atoms with Gasteiger partial charge in [-0.1, -0.05) is 12.1 Å². The molecule has 0 aliphatic carbocycles. The Balaban J connectivity index is 1.82. The summed E-state index contributed by atoms with van der Waals surface area (Å²) in [4.78, 5) is 14.5. The molecule has 2 heterocycles. The number of halogens is 1. The fourth-order valence-electron chi connectivity index (χ4n) is 3.65. The quantitative estimate of drug-likeness (QED) is 0.830. The molecule has 2 aromatic rings. The SMILES string of the molecule is Cc1c(C#N)c(NC(=O)CN2CCC[C@@H](O)C2)n(Cc2ccc(F)cc2)c1C. The standard InChI is InChI=1S/C21H25FN4O2/c1-14-15(2)26(11-16-5-7-17(22)8-6-16)21(19(14)10-23)24-20(28)13-25-9-3-4-18(27)12-25/h5-8,18,27H,3-4,9,11-13H2,1-2H3,(H,24,28)/t18-/m1/s1. The van der Waals surface area contributed by atoms with Gasteiger partial charge in [-0.2, -0.15) is 5.26 Å². The normalized spacial score (nSPS) is 17.3. The highest BCUT2D eigenvalue weighted by Gasteiger charge is 2.23. The minimum Gasteiger partial charge on any atom is -0.392 e. The molecule has 148 valence electrons. The molecule has 7 heteroatoms. The van der Waals surface area contributed by atoms with Crippen LogP contribution < -0.4 is 5.32 Å². The minimum atomic E-state index is -0.400. The summed E-state index contributed by atoms with van der Waals surface area (Å²) in [6.07, 6.45) is 1.22. The molecule has 1 aliphatic heterocycles. The lowest BCUT2D eigenvalue weighted by atomic mass is 10.1. The summed E-state index contributed by atoms with van der Waals surface area (Å²) in [6, 6.07) is 8.36. The van der Waals surface area contributed by atoms with E-state index in [2.05, 4.69) is 11.4 Å². The largest absolute Gasteiger partial charge is 0.392 e. The van der Waals surface area contributed by atoms with Crippen LogP contribution in [0.1, 0.15) is 35.2 Å². The second-order valence-electron chi connectivity index (χ2n) is 7.34. The number of hydrogen-bond donors (Lipinski definition) is 2. The van der Waals surface area contributed by atoms with Gasteiger partial charge in [-0.25, -0.2) is 4.39 Å². The van der Waals surface area contributed by atoms with E-state index in [4.69, 9.17) is 0 Å². The van der Waals surface area contributed by atoms with Crippen molar-refractivity contribution < 1.29 is 14.3 Å². The lowest BCUT2D eigenvalue weighted by Gasteiger charge is -2.29. The maximum Gasteiger partial charge on any atom is 0.239 e. The van der Waals surface area contributed by atoms with Crippen LogP contribution in [0.15, 0.2) is 24.3 Å². The maximum atomic E-state index is 13.2. The fourth-order valence-corrected chi connectivity index (χ4v) is 3.65. The highest BCUT2D eigenvalue weighted by Crippen LogP contribution is 2.27. The van der Waals surface area contributed by atoms with Crippen molar-refractivity contribution in [2.75, 3.05) is 25.0 Å². The van der Waals surface area contributed by atoms with Gasteiger partial charge in [0.15, 0.2) is 0 Å². The first-order valence-electron chi connectivity index (χ1n) is 9.43. The average Bonchev–Trinajstić information content (AvgIpc) is 2.87. The first-order chi connectivity index (χ1) is 13.4. The van der Waals surface area contributed by atoms with Crippen molar-refractivity contribution in [2.45, 2.75) is 39.3 Å². The number of β-amino-alcohol motifs (C(OH)–C–C–N with tert-alkyl or cyclic N) is 1. The second-order valence-corrected chi connectivity index (χ2v) is 7.34. The molecule has 1 atom stereocenters. The molecule has 0 unspecified atom stereocenters. The molecule has 1 aromatic heterocycles. The van der Waals surface area contributed by atoms with Gasteiger partial charge in [0, 0.05) is 18.8 Å². The van der Waals surface area contributed by atoms with Gasteiger partial charge in [-0.05, 0) is 56.5 Å². The molecule has 1 aromatic carbocycles. The number of aliphatic hydroxyl groups is 1. The smallest absolute Gasteiger partial charge is 0.239 e. The van der Waals surface area contributed by atoms with Gasteiger partial charge in [-0.15, -0.1) is 0 Å². The summed E-state index contributed by atoms with van der Waals surface area (Å²) in [5.74, 6) is -0.0630. The highest BCUT2D eigenvalue weighted by atomic mass is 19.1. The third-order valence-corrected chi connectivity index (χ3v) is 5.30. The fraction of sp³-hybridized carbons (Fsp3) is 0.429. The number of piperidine rings is 1. The van der Waals surface area contributed by atoms with Gasteiger partial charge in [0.25, 0.3) is 0 Å². The van der Waals surface area contributed by atoms with Crippen LogP contribution in [-0.4, -0.2) is 46.2 Å². The Bertz CT molecular complexity index is 899. The van der Waals surface area contributed by atoms with Crippen LogP contribution in [-0.2, 0) is 11.3 Å². The van der Waals surface area contributed by atoms with Gasteiger partial charge in [0.2, 0.25) is 5.91 Å². The van der Waals surface area contributed by atoms with Gasteiger partial charge in [0.05, 0.1) is 18.2 Å². The Morgan fingerprint density at radius 1 is 1.36 bits per heavy atom. The van der Waals surface area contributed by atoms with Crippen molar-refractivity contribution in [3.05, 3.63) is 52.5 Å². The molecule has 1 saturated heterocycles. The van der Waals surface area contributed by atoms with E-state index in [0.717, 1.165) is 36.2 Å². The predicted octanol–water partition coefficient (Wildman–Crippen LogP) is 2.56. The van der Waals surface area contributed by atoms with Gasteiger partial charge in [0.1, 0.15) is 17.7 Å². The van der Waals surface area contributed by atoms with Crippen molar-refractivity contribution >= 4 is 11.7 Å². The Hall–Kier alpha value is -2.69. The number of rotatable bonds is 5. The molecule has 2 N–H and O–H groups in total. The van der Waals surface area contributed by atoms with Crippen LogP contribution in [0.3, 0.4) is 0 Å². The number of anilines is 1. The Morgan fingerprint density at radius 3 is 2.71 bits per heavy atom. The lowest BCUT2D eigenvalue weighted by molar-refractivity contribution is -0.118. The minimum absolute atomic E-state index is 0.168. The molecule has 6 nitrogen and oxygen atoms in total. The molecule has 1 aliphatic rings. The number of nitrogens with one attached hydrogen (secondary N) is 1. The number of carbonyl (C=O) groups excluding carboxylic acids is 1. The van der Waals surface area contributed by atoms with Crippen LogP contribution in [0.4, 0.5) is 10.2 Å². The summed E-state index contributed by atoms with van der Waals surface area (Å²) in [5.41, 5.74) is 3.00. The van der Waals surface area contributed by atoms with Crippen molar-refractivity contribution in [2.24, 2.45) is 0 Å². The number of aromatic nitrogens is 1. The molecule has 1 amide bonds. The Kier molecular flexibility index (Phi) is 6.12. The van der Waals surface area contributed by atoms with Crippen molar-refractivity contribution in [3.8, 4) is 6.07 Å². The molecule has 1 fully saturated rings. The van der Waals surface area contributed by atoms with Crippen LogP contribution in [0.5, 0.6) is 0 Å². The molecule has 28 heavy (non-hydrogen) atoms. The summed E-state index contributed by atoms with van der Waals surface area (Å²) < 4.78 is 15.1. The molecular formula is C21H25FN4O2. The van der Waals surface area contributed by atoms with E-state index in [1.807, 2.05) is 23.3 Å². The third kappa shape index (κ3) is 4.41. The van der Waals surface area contributed by atoms with Gasteiger partial charge >= 0.3 is 0 Å². The zero-order chi connectivity index (χ0) is 20.3. The van der Waals surface area contributed by atoms with Crippen molar-refractivity contribution in [1.29, 1.82) is 5.26 Å². The second kappa shape index (κ2) is 8.55. The number of likely N-dealkylation sites (tertiary alicyclic amines) is 1. The Morgan fingerprint density at radius 2 is 2.07 bits per heavy atom. The Labute approximate surface area is 164 Å². The highest BCUT2D eigenvalue weighted by molar-refractivity contribution is 5.93. The van der Waals surface area contributed by atoms with E-state index >= 15 is 0 Å². The summed E-state index contributed by atoms with van der Waals surface area (Å²) in [6.45, 7) is 5.59. The number of carbonyl (C=O) groups is 1. The predicted molar refractivity (Wildman–Crippen MR) is 104 cm³/mol. The zero-order valence-electron chi connectivity index (χ0n) is 16.2. The van der Waals surface area contributed by atoms with Crippen LogP contribution in [0, 0.1) is 31.0 Å². The summed E-state index contributed by atoms with van der Waals surface area (Å²) in [5, 5.41) is 22.3. The molecule has 0 saturated carbocycles. The van der Waals surface area contributed by atoms with Gasteiger partial charge in [-0.3, -0.25) is 9.69 Å². The van der Waals surface area contributed by atoms with Crippen LogP contribution in [0.25, 0.3) is 0 Å². The number of aliphatic hydroxyl groups excluding tert-OH is 1. The third-order valence-electron chi connectivity index (χ3n) is 5.30. The van der Waals surface area contributed by atoms with Crippen LogP contribution in [0.2, 0.25) is 0 Å². The van der Waals surface area contributed by atoms with Gasteiger partial charge < -0.3 is 15.0 Å². The number of benzene rings is 1. The van der Waals surface area contributed by atoms with Crippen molar-refractivity contribution in [1.82, 2.24) is 9.47 Å². The van der Waals surface area contributed by atoms with E-state index < -0.39 is 6.10 Å². The lowest BCUT2D eigenvalue weighted by Crippen LogP contribution is -2.42. The van der Waals surface area contributed by atoms with E-state index in [0.29, 0.717) is 24.5 Å². The number of nitrogens with zero attached hydrogens (tertiary/aromatic N) is 3. The molecular weight excluding hydrogens is 359 g/mol. The van der Waals surface area contributed by atoms with Crippen LogP contribution >= 0.6 is 0 Å². The zero-order valence-corrected chi connectivity index (χ0v) is 16.2. The van der Waals surface area contributed by atoms with Crippen molar-refractivity contribution in [3.63, 3.8) is 0 Å². The maximum absolute atomic E-state index is 13.2. The first kappa shape index (κ1) is 20.1. The van der Waals surface area contributed by atoms with E-state index in [1.165, 1.54) is 12.1 Å². The number of nitriles is 1. The topological polar surface area (TPSA) is 81.3 Å². The number of hydrogen-bond acceptors (Lipinski definition) is 4. The molecule has 0 radical (unpaired) electrons. The molecule has 0 spiro atoms. The van der Waals surface area contributed by atoms with E-state index in [1.54, 1.807) is 12.1 Å². The summed E-state index contributed by atoms with van der Waals surface area (Å²) in [7, 11) is 0. The first-order valence-corrected chi connectivity index (χ1v) is 9.43. The summed E-state index contributed by atoms with van der Waals surface area (Å²) >= 11 is 0. The monoisotopic (exact) mass is 384 g/mol. The van der Waals surface area contributed by atoms with E-state index in [-0.39, 0.29) is 18.3 Å².